The minimum absolute atomic E-state index is 0.0124. The molecule has 3 atom stereocenters. The van der Waals surface area contributed by atoms with E-state index in [1.807, 2.05) is 6.20 Å². The van der Waals surface area contributed by atoms with Gasteiger partial charge in [-0.2, -0.15) is 13.2 Å². The highest BCUT2D eigenvalue weighted by Crippen LogP contribution is 2.57. The number of aromatic nitrogens is 3. The molecule has 2 saturated heterocycles. The van der Waals surface area contributed by atoms with E-state index in [1.165, 1.54) is 19.2 Å². The smallest absolute Gasteiger partial charge is 0.378 e. The Morgan fingerprint density at radius 1 is 1.17 bits per heavy atom. The zero-order valence-corrected chi connectivity index (χ0v) is 16.8. The Bertz CT molecular complexity index is 922. The molecule has 156 valence electrons. The normalized spacial score (nSPS) is 27.3. The standard InChI is InChI=1S/C21H25F3N4O/c1-11(2)20-26-18(13-4-17(21(22,23)24)12(3)25-5-13)8-28(20)19-15-6-27(7-16(15)19)14-9-29-10-14/h4-5,8,11,14-16,19H,6-7,9-10H2,1-3H3/t15-,16+,19?. The first-order valence-electron chi connectivity index (χ1n) is 10.2. The Morgan fingerprint density at radius 2 is 1.86 bits per heavy atom. The summed E-state index contributed by atoms with van der Waals surface area (Å²) in [6.45, 7) is 9.34. The monoisotopic (exact) mass is 406 g/mol. The highest BCUT2D eigenvalue weighted by molar-refractivity contribution is 5.59. The van der Waals surface area contributed by atoms with E-state index >= 15 is 0 Å². The third-order valence-electron chi connectivity index (χ3n) is 6.60. The average Bonchev–Trinajstić information content (AvgIpc) is 2.96. The van der Waals surface area contributed by atoms with Gasteiger partial charge in [-0.3, -0.25) is 9.88 Å². The number of likely N-dealkylation sites (tertiary alicyclic amines) is 1. The number of hydrogen-bond acceptors (Lipinski definition) is 4. The Balaban J connectivity index is 1.43. The number of rotatable bonds is 4. The van der Waals surface area contributed by atoms with Gasteiger partial charge in [-0.15, -0.1) is 0 Å². The van der Waals surface area contributed by atoms with Gasteiger partial charge in [0, 0.05) is 48.7 Å². The summed E-state index contributed by atoms with van der Waals surface area (Å²) in [5.74, 6) is 2.32. The van der Waals surface area contributed by atoms with Crippen LogP contribution in [0.5, 0.6) is 0 Å². The van der Waals surface area contributed by atoms with Crippen molar-refractivity contribution in [2.45, 2.75) is 44.9 Å². The molecule has 2 aliphatic heterocycles. The maximum atomic E-state index is 13.3. The predicted molar refractivity (Wildman–Crippen MR) is 101 cm³/mol. The zero-order valence-electron chi connectivity index (χ0n) is 16.8. The molecule has 1 saturated carbocycles. The highest BCUT2D eigenvalue weighted by atomic mass is 19.4. The fourth-order valence-electron chi connectivity index (χ4n) is 4.85. The van der Waals surface area contributed by atoms with Crippen molar-refractivity contribution in [3.8, 4) is 11.3 Å². The Hall–Kier alpha value is -1.93. The molecule has 1 unspecified atom stereocenters. The fraction of sp³-hybridized carbons (Fsp3) is 0.619. The van der Waals surface area contributed by atoms with E-state index in [0.29, 0.717) is 35.2 Å². The van der Waals surface area contributed by atoms with Gasteiger partial charge < -0.3 is 9.30 Å². The van der Waals surface area contributed by atoms with Crippen LogP contribution in [0, 0.1) is 18.8 Å². The lowest BCUT2D eigenvalue weighted by Gasteiger charge is -2.36. The van der Waals surface area contributed by atoms with Crippen LogP contribution >= 0.6 is 0 Å². The van der Waals surface area contributed by atoms with Crippen molar-refractivity contribution in [1.82, 2.24) is 19.4 Å². The van der Waals surface area contributed by atoms with E-state index in [-0.39, 0.29) is 11.6 Å². The number of nitrogens with zero attached hydrogens (tertiary/aromatic N) is 4. The molecular formula is C21H25F3N4O. The van der Waals surface area contributed by atoms with Crippen LogP contribution in [-0.4, -0.2) is 51.8 Å². The van der Waals surface area contributed by atoms with Crippen molar-refractivity contribution in [3.05, 3.63) is 35.5 Å². The van der Waals surface area contributed by atoms with Crippen LogP contribution < -0.4 is 0 Å². The molecule has 0 spiro atoms. The van der Waals surface area contributed by atoms with E-state index in [9.17, 15) is 13.2 Å². The van der Waals surface area contributed by atoms with Crippen molar-refractivity contribution >= 4 is 0 Å². The van der Waals surface area contributed by atoms with E-state index in [2.05, 4.69) is 28.3 Å². The summed E-state index contributed by atoms with van der Waals surface area (Å²) in [5, 5.41) is 0. The van der Waals surface area contributed by atoms with E-state index in [4.69, 9.17) is 9.72 Å². The first-order chi connectivity index (χ1) is 13.7. The van der Waals surface area contributed by atoms with E-state index < -0.39 is 11.7 Å². The zero-order chi connectivity index (χ0) is 20.5. The number of imidazole rings is 1. The SMILES string of the molecule is Cc1ncc(-c2cn(C3[C@H]4CN(C5COC5)C[C@@H]34)c(C(C)C)n2)cc1C(F)(F)F. The summed E-state index contributed by atoms with van der Waals surface area (Å²) in [6, 6.07) is 2.13. The lowest BCUT2D eigenvalue weighted by molar-refractivity contribution is -0.138. The summed E-state index contributed by atoms with van der Waals surface area (Å²) in [6.07, 6.45) is -0.992. The molecule has 0 radical (unpaired) electrons. The topological polar surface area (TPSA) is 43.2 Å². The fourth-order valence-corrected chi connectivity index (χ4v) is 4.85. The van der Waals surface area contributed by atoms with Crippen molar-refractivity contribution in [2.24, 2.45) is 11.8 Å². The summed E-state index contributed by atoms with van der Waals surface area (Å²) < 4.78 is 47.5. The maximum Gasteiger partial charge on any atom is 0.418 e. The summed E-state index contributed by atoms with van der Waals surface area (Å²) in [4.78, 5) is 11.2. The van der Waals surface area contributed by atoms with E-state index in [1.54, 1.807) is 0 Å². The van der Waals surface area contributed by atoms with Gasteiger partial charge in [-0.1, -0.05) is 13.8 Å². The van der Waals surface area contributed by atoms with Gasteiger partial charge >= 0.3 is 6.18 Å². The van der Waals surface area contributed by atoms with Crippen LogP contribution in [0.4, 0.5) is 13.2 Å². The van der Waals surface area contributed by atoms with Gasteiger partial charge in [0.15, 0.2) is 0 Å². The molecule has 0 bridgehead atoms. The average molecular weight is 406 g/mol. The van der Waals surface area contributed by atoms with Gasteiger partial charge in [0.25, 0.3) is 0 Å². The van der Waals surface area contributed by atoms with Crippen LogP contribution in [0.15, 0.2) is 18.5 Å². The molecule has 8 heteroatoms. The van der Waals surface area contributed by atoms with Crippen LogP contribution in [0.3, 0.4) is 0 Å². The maximum absolute atomic E-state index is 13.3. The van der Waals surface area contributed by atoms with Gasteiger partial charge in [-0.05, 0) is 24.8 Å². The minimum atomic E-state index is -4.42. The minimum Gasteiger partial charge on any atom is -0.378 e. The molecule has 2 aromatic heterocycles. The first-order valence-corrected chi connectivity index (χ1v) is 10.2. The molecule has 0 N–H and O–H groups in total. The van der Waals surface area contributed by atoms with E-state index in [0.717, 1.165) is 32.1 Å². The summed E-state index contributed by atoms with van der Waals surface area (Å²) in [7, 11) is 0. The van der Waals surface area contributed by atoms with Crippen LogP contribution in [0.2, 0.25) is 0 Å². The van der Waals surface area contributed by atoms with Crippen molar-refractivity contribution in [3.63, 3.8) is 0 Å². The largest absolute Gasteiger partial charge is 0.418 e. The summed E-state index contributed by atoms with van der Waals surface area (Å²) >= 11 is 0. The number of aryl methyl sites for hydroxylation is 1. The molecule has 1 aliphatic carbocycles. The number of fused-ring (bicyclic) bond motifs is 1. The second-order valence-corrected chi connectivity index (χ2v) is 8.86. The second kappa shape index (κ2) is 6.54. The molecule has 3 aliphatic rings. The molecule has 0 aromatic carbocycles. The van der Waals surface area contributed by atoms with Gasteiger partial charge in [-0.25, -0.2) is 4.98 Å². The Kier molecular flexibility index (Phi) is 4.30. The van der Waals surface area contributed by atoms with Gasteiger partial charge in [0.1, 0.15) is 5.82 Å². The van der Waals surface area contributed by atoms with Crippen LogP contribution in [-0.2, 0) is 10.9 Å². The number of pyridine rings is 1. The highest BCUT2D eigenvalue weighted by Gasteiger charge is 2.58. The first kappa shape index (κ1) is 19.1. The third kappa shape index (κ3) is 3.17. The number of alkyl halides is 3. The number of halogens is 3. The molecule has 5 nitrogen and oxygen atoms in total. The van der Waals surface area contributed by atoms with Crippen molar-refractivity contribution < 1.29 is 17.9 Å². The Labute approximate surface area is 167 Å². The number of piperidine rings is 1. The van der Waals surface area contributed by atoms with Gasteiger partial charge in [0.05, 0.1) is 30.5 Å². The third-order valence-corrected chi connectivity index (χ3v) is 6.60. The van der Waals surface area contributed by atoms with Gasteiger partial charge in [0.2, 0.25) is 0 Å². The summed E-state index contributed by atoms with van der Waals surface area (Å²) in [5.41, 5.74) is 0.280. The number of hydrogen-bond donors (Lipinski definition) is 0. The lowest BCUT2D eigenvalue weighted by Crippen LogP contribution is -2.49. The Morgan fingerprint density at radius 3 is 2.41 bits per heavy atom. The molecule has 4 heterocycles. The second-order valence-electron chi connectivity index (χ2n) is 8.86. The van der Waals surface area contributed by atoms with Crippen LogP contribution in [0.1, 0.15) is 42.9 Å². The van der Waals surface area contributed by atoms with Crippen molar-refractivity contribution in [1.29, 1.82) is 0 Å². The molecule has 3 fully saturated rings. The quantitative estimate of drug-likeness (QED) is 0.773. The molecule has 29 heavy (non-hydrogen) atoms. The molecular weight excluding hydrogens is 381 g/mol. The van der Waals surface area contributed by atoms with Crippen LogP contribution in [0.25, 0.3) is 11.3 Å². The van der Waals surface area contributed by atoms with Crippen molar-refractivity contribution in [2.75, 3.05) is 26.3 Å². The molecule has 5 rings (SSSR count). The molecule has 2 aromatic rings. The predicted octanol–water partition coefficient (Wildman–Crippen LogP) is 3.90. The molecule has 0 amide bonds. The number of ether oxygens (including phenoxy) is 1. The lowest BCUT2D eigenvalue weighted by atomic mass is 10.1.